The third kappa shape index (κ3) is 9.04. The first-order chi connectivity index (χ1) is 7.20. The molecule has 3 heteroatoms. The van der Waals surface area contributed by atoms with Crippen LogP contribution in [0.3, 0.4) is 0 Å². The second kappa shape index (κ2) is 9.29. The zero-order valence-corrected chi connectivity index (χ0v) is 9.16. The Morgan fingerprint density at radius 1 is 1.67 bits per heavy atom. The maximum absolute atomic E-state index is 10.2. The Morgan fingerprint density at radius 3 is 2.93 bits per heavy atom. The SMILES string of the molecule is C=CCCC(C#CCCCC(=O)O)OC. The summed E-state index contributed by atoms with van der Waals surface area (Å²) < 4.78 is 5.14. The van der Waals surface area contributed by atoms with Crippen molar-refractivity contribution in [3.8, 4) is 11.8 Å². The molecule has 0 aliphatic rings. The van der Waals surface area contributed by atoms with Crippen LogP contribution in [0.15, 0.2) is 12.7 Å². The second-order valence-electron chi connectivity index (χ2n) is 3.16. The molecule has 3 nitrogen and oxygen atoms in total. The average molecular weight is 210 g/mol. The Labute approximate surface area is 91.1 Å². The number of hydrogen-bond acceptors (Lipinski definition) is 2. The van der Waals surface area contributed by atoms with Crippen LogP contribution in [0.2, 0.25) is 0 Å². The largest absolute Gasteiger partial charge is 0.481 e. The van der Waals surface area contributed by atoms with Crippen LogP contribution in [-0.4, -0.2) is 24.3 Å². The van der Waals surface area contributed by atoms with Gasteiger partial charge in [0.25, 0.3) is 0 Å². The van der Waals surface area contributed by atoms with Crippen molar-refractivity contribution in [2.75, 3.05) is 7.11 Å². The van der Waals surface area contributed by atoms with E-state index in [2.05, 4.69) is 18.4 Å². The highest BCUT2D eigenvalue weighted by molar-refractivity contribution is 5.66. The average Bonchev–Trinajstić information content (AvgIpc) is 2.21. The normalized spacial score (nSPS) is 11.3. The third-order valence-electron chi connectivity index (χ3n) is 1.87. The van der Waals surface area contributed by atoms with Crippen molar-refractivity contribution < 1.29 is 14.6 Å². The quantitative estimate of drug-likeness (QED) is 0.398. The van der Waals surface area contributed by atoms with E-state index in [9.17, 15) is 4.79 Å². The number of ether oxygens (including phenoxy) is 1. The molecule has 0 rings (SSSR count). The smallest absolute Gasteiger partial charge is 0.303 e. The summed E-state index contributed by atoms with van der Waals surface area (Å²) in [5.74, 6) is 5.12. The molecular weight excluding hydrogens is 192 g/mol. The lowest BCUT2D eigenvalue weighted by atomic mass is 10.2. The molecular formula is C12H18O3. The van der Waals surface area contributed by atoms with Crippen molar-refractivity contribution in [1.82, 2.24) is 0 Å². The van der Waals surface area contributed by atoms with Crippen molar-refractivity contribution in [2.45, 2.75) is 38.2 Å². The number of aliphatic carboxylic acids is 1. The number of hydrogen-bond donors (Lipinski definition) is 1. The molecule has 0 aromatic rings. The maximum Gasteiger partial charge on any atom is 0.303 e. The van der Waals surface area contributed by atoms with Gasteiger partial charge in [-0.3, -0.25) is 4.79 Å². The van der Waals surface area contributed by atoms with Crippen LogP contribution in [0.4, 0.5) is 0 Å². The molecule has 0 aromatic heterocycles. The van der Waals surface area contributed by atoms with Crippen LogP contribution >= 0.6 is 0 Å². The fourth-order valence-corrected chi connectivity index (χ4v) is 1.03. The summed E-state index contributed by atoms with van der Waals surface area (Å²) in [6.45, 7) is 3.63. The first-order valence-corrected chi connectivity index (χ1v) is 5.04. The van der Waals surface area contributed by atoms with Crippen LogP contribution in [-0.2, 0) is 9.53 Å². The molecule has 1 unspecified atom stereocenters. The maximum atomic E-state index is 10.2. The van der Waals surface area contributed by atoms with Crippen LogP contribution < -0.4 is 0 Å². The van der Waals surface area contributed by atoms with Crippen molar-refractivity contribution in [2.24, 2.45) is 0 Å². The summed E-state index contributed by atoms with van der Waals surface area (Å²) in [6.07, 6.45) is 4.87. The van der Waals surface area contributed by atoms with E-state index < -0.39 is 5.97 Å². The Kier molecular flexibility index (Phi) is 8.50. The molecule has 0 fully saturated rings. The predicted octanol–water partition coefficient (Wildman–Crippen LogP) is 2.23. The number of carbonyl (C=O) groups is 1. The van der Waals surface area contributed by atoms with Gasteiger partial charge in [0.2, 0.25) is 0 Å². The van der Waals surface area contributed by atoms with Crippen LogP contribution in [0.1, 0.15) is 32.1 Å². The van der Waals surface area contributed by atoms with Crippen LogP contribution in [0, 0.1) is 11.8 Å². The molecule has 0 aliphatic carbocycles. The Bertz CT molecular complexity index is 247. The van der Waals surface area contributed by atoms with Crippen molar-refractivity contribution >= 4 is 5.97 Å². The highest BCUT2D eigenvalue weighted by atomic mass is 16.5. The minimum atomic E-state index is -0.772. The number of carboxylic acid groups (broad SMARTS) is 1. The standard InChI is InChI=1S/C12H18O3/c1-3-4-8-11(15-2)9-6-5-7-10-12(13)14/h3,11H,1,4-5,7-8,10H2,2H3,(H,13,14). The summed E-state index contributed by atoms with van der Waals surface area (Å²) in [6, 6.07) is 0. The lowest BCUT2D eigenvalue weighted by Crippen LogP contribution is -2.06. The first-order valence-electron chi connectivity index (χ1n) is 5.04. The van der Waals surface area contributed by atoms with Crippen LogP contribution in [0.25, 0.3) is 0 Å². The number of methoxy groups -OCH3 is 1. The van der Waals surface area contributed by atoms with E-state index in [0.29, 0.717) is 12.8 Å². The molecule has 0 saturated heterocycles. The van der Waals surface area contributed by atoms with E-state index >= 15 is 0 Å². The minimum absolute atomic E-state index is 0.0622. The van der Waals surface area contributed by atoms with E-state index in [1.54, 1.807) is 7.11 Å². The zero-order valence-electron chi connectivity index (χ0n) is 9.16. The molecule has 0 amide bonds. The first kappa shape index (κ1) is 13.7. The molecule has 0 spiro atoms. The van der Waals surface area contributed by atoms with Gasteiger partial charge in [0.1, 0.15) is 6.10 Å². The summed E-state index contributed by atoms with van der Waals surface area (Å²) in [4.78, 5) is 10.2. The van der Waals surface area contributed by atoms with Gasteiger partial charge in [-0.2, -0.15) is 0 Å². The molecule has 0 saturated carbocycles. The topological polar surface area (TPSA) is 46.5 Å². The third-order valence-corrected chi connectivity index (χ3v) is 1.87. The number of rotatable bonds is 7. The fraction of sp³-hybridized carbons (Fsp3) is 0.583. The molecule has 84 valence electrons. The molecule has 0 aliphatic heterocycles. The van der Waals surface area contributed by atoms with Gasteiger partial charge in [-0.15, -0.1) is 12.5 Å². The molecule has 0 radical (unpaired) electrons. The molecule has 0 aromatic carbocycles. The number of carboxylic acids is 1. The van der Waals surface area contributed by atoms with E-state index in [1.807, 2.05) is 6.08 Å². The fourth-order valence-electron chi connectivity index (χ4n) is 1.03. The van der Waals surface area contributed by atoms with Crippen molar-refractivity contribution in [3.05, 3.63) is 12.7 Å². The van der Waals surface area contributed by atoms with Crippen molar-refractivity contribution in [3.63, 3.8) is 0 Å². The highest BCUT2D eigenvalue weighted by Crippen LogP contribution is 2.01. The Balaban J connectivity index is 3.70. The molecule has 1 atom stereocenters. The van der Waals surface area contributed by atoms with Gasteiger partial charge < -0.3 is 9.84 Å². The summed E-state index contributed by atoms with van der Waals surface area (Å²) in [5, 5.41) is 8.40. The Morgan fingerprint density at radius 2 is 2.40 bits per heavy atom. The van der Waals surface area contributed by atoms with E-state index in [-0.39, 0.29) is 12.5 Å². The number of allylic oxidation sites excluding steroid dienone is 1. The van der Waals surface area contributed by atoms with Gasteiger partial charge in [-0.25, -0.2) is 0 Å². The van der Waals surface area contributed by atoms with Gasteiger partial charge in [-0.05, 0) is 19.3 Å². The summed E-state index contributed by atoms with van der Waals surface area (Å²) in [5.41, 5.74) is 0. The van der Waals surface area contributed by atoms with Gasteiger partial charge in [0.15, 0.2) is 0 Å². The molecule has 0 heterocycles. The predicted molar refractivity (Wildman–Crippen MR) is 59.5 cm³/mol. The van der Waals surface area contributed by atoms with Gasteiger partial charge in [-0.1, -0.05) is 12.0 Å². The van der Waals surface area contributed by atoms with Gasteiger partial charge >= 0.3 is 5.97 Å². The highest BCUT2D eigenvalue weighted by Gasteiger charge is 2.00. The van der Waals surface area contributed by atoms with Crippen LogP contribution in [0.5, 0.6) is 0 Å². The lowest BCUT2D eigenvalue weighted by Gasteiger charge is -2.05. The van der Waals surface area contributed by atoms with Gasteiger partial charge in [0, 0.05) is 20.0 Å². The minimum Gasteiger partial charge on any atom is -0.481 e. The van der Waals surface area contributed by atoms with Crippen molar-refractivity contribution in [1.29, 1.82) is 0 Å². The van der Waals surface area contributed by atoms with Gasteiger partial charge in [0.05, 0.1) is 0 Å². The second-order valence-corrected chi connectivity index (χ2v) is 3.16. The summed E-state index contributed by atoms with van der Waals surface area (Å²) >= 11 is 0. The molecule has 15 heavy (non-hydrogen) atoms. The van der Waals surface area contributed by atoms with E-state index in [0.717, 1.165) is 12.8 Å². The Hall–Kier alpha value is -1.27. The zero-order chi connectivity index (χ0) is 11.5. The summed E-state index contributed by atoms with van der Waals surface area (Å²) in [7, 11) is 1.62. The molecule has 1 N–H and O–H groups in total. The van der Waals surface area contributed by atoms with E-state index in [4.69, 9.17) is 9.84 Å². The monoisotopic (exact) mass is 210 g/mol. The molecule has 0 bridgehead atoms. The lowest BCUT2D eigenvalue weighted by molar-refractivity contribution is -0.137. The number of unbranched alkanes of at least 4 members (excludes halogenated alkanes) is 1. The van der Waals surface area contributed by atoms with E-state index in [1.165, 1.54) is 0 Å².